The smallest absolute Gasteiger partial charge is 0.320 e. The number of fused-ring (bicyclic) bond motifs is 1. The van der Waals surface area contributed by atoms with Gasteiger partial charge < -0.3 is 15.7 Å². The topological polar surface area (TPSA) is 175 Å². The maximum Gasteiger partial charge on any atom is 0.320 e. The molecule has 0 fully saturated rings. The first-order valence-corrected chi connectivity index (χ1v) is 9.70. The Morgan fingerprint density at radius 2 is 1.75 bits per heavy atom. The molecule has 13 heteroatoms. The van der Waals surface area contributed by atoms with E-state index in [4.69, 9.17) is 4.55 Å². The van der Waals surface area contributed by atoms with Crippen molar-refractivity contribution in [3.63, 3.8) is 0 Å². The van der Waals surface area contributed by atoms with Crippen LogP contribution in [0.2, 0.25) is 0 Å². The molecule has 2 aromatic rings. The van der Waals surface area contributed by atoms with Crippen LogP contribution in [0.4, 0.5) is 17.6 Å². The second kappa shape index (κ2) is 7.36. The Labute approximate surface area is 159 Å². The summed E-state index contributed by atoms with van der Waals surface area (Å²) in [5.41, 5.74) is 0.928. The van der Waals surface area contributed by atoms with E-state index in [1.54, 1.807) is 13.0 Å². The monoisotopic (exact) mass is 408 g/mol. The first kappa shape index (κ1) is 19.4. The first-order chi connectivity index (χ1) is 13.2. The van der Waals surface area contributed by atoms with E-state index >= 15 is 0 Å². The van der Waals surface area contributed by atoms with Crippen molar-refractivity contribution in [3.05, 3.63) is 29.3 Å². The average Bonchev–Trinajstić information content (AvgIpc) is 2.83. The van der Waals surface area contributed by atoms with Crippen LogP contribution in [0.15, 0.2) is 18.2 Å². The molecular formula is C15H16N6O6S. The highest BCUT2D eigenvalue weighted by molar-refractivity contribution is 7.85. The molecule has 0 spiro atoms. The number of hydrogen-bond acceptors (Lipinski definition) is 10. The molecule has 0 saturated carbocycles. The van der Waals surface area contributed by atoms with Crippen molar-refractivity contribution >= 4 is 39.5 Å². The van der Waals surface area contributed by atoms with Crippen molar-refractivity contribution in [1.82, 2.24) is 19.9 Å². The average molecular weight is 408 g/mol. The van der Waals surface area contributed by atoms with Crippen LogP contribution in [0.5, 0.6) is 6.01 Å². The molecule has 1 aromatic heterocycles. The molecule has 0 aliphatic carbocycles. The predicted octanol–water partition coefficient (Wildman–Crippen LogP) is 0.236. The van der Waals surface area contributed by atoms with Crippen LogP contribution < -0.4 is 10.6 Å². The molecule has 12 nitrogen and oxygen atoms in total. The van der Waals surface area contributed by atoms with Gasteiger partial charge in [-0.25, -0.2) is 0 Å². The highest BCUT2D eigenvalue weighted by Crippen LogP contribution is 2.27. The van der Waals surface area contributed by atoms with E-state index in [1.165, 1.54) is 12.1 Å². The van der Waals surface area contributed by atoms with Crippen molar-refractivity contribution in [2.45, 2.75) is 6.92 Å². The molecule has 3 rings (SSSR count). The fourth-order valence-corrected chi connectivity index (χ4v) is 2.94. The van der Waals surface area contributed by atoms with Gasteiger partial charge in [0, 0.05) is 18.8 Å². The summed E-state index contributed by atoms with van der Waals surface area (Å²) >= 11 is 0. The second-order valence-corrected chi connectivity index (χ2v) is 7.31. The van der Waals surface area contributed by atoms with E-state index < -0.39 is 27.8 Å². The molecule has 0 radical (unpaired) electrons. The number of imide groups is 1. The minimum absolute atomic E-state index is 0.0778. The molecule has 0 bridgehead atoms. The van der Waals surface area contributed by atoms with Crippen LogP contribution in [0, 0.1) is 0 Å². The number of hydrogen-bond donors (Lipinski definition) is 4. The van der Waals surface area contributed by atoms with Crippen LogP contribution in [0.1, 0.15) is 27.6 Å². The number of aromatic nitrogens is 3. The number of carbonyl (C=O) groups is 2. The highest BCUT2D eigenvalue weighted by Gasteiger charge is 2.34. The number of anilines is 3. The maximum atomic E-state index is 12.3. The van der Waals surface area contributed by atoms with Gasteiger partial charge in [-0.3, -0.25) is 19.0 Å². The summed E-state index contributed by atoms with van der Waals surface area (Å²) in [5.74, 6) is -1.54. The van der Waals surface area contributed by atoms with Gasteiger partial charge in [-0.1, -0.05) is 0 Å². The van der Waals surface area contributed by atoms with Crippen molar-refractivity contribution in [1.29, 1.82) is 0 Å². The first-order valence-electron chi connectivity index (χ1n) is 8.09. The summed E-state index contributed by atoms with van der Waals surface area (Å²) in [4.78, 5) is 36.8. The van der Waals surface area contributed by atoms with Crippen molar-refractivity contribution in [2.24, 2.45) is 0 Å². The van der Waals surface area contributed by atoms with E-state index in [0.717, 1.165) is 4.90 Å². The molecule has 0 atom stereocenters. The largest absolute Gasteiger partial charge is 0.479 e. The van der Waals surface area contributed by atoms with Crippen LogP contribution in [-0.4, -0.2) is 68.6 Å². The Hall–Kier alpha value is -3.32. The molecule has 2 heterocycles. The molecule has 1 aromatic carbocycles. The normalized spacial score (nSPS) is 13.6. The van der Waals surface area contributed by atoms with Crippen LogP contribution in [0.3, 0.4) is 0 Å². The van der Waals surface area contributed by atoms with Gasteiger partial charge in [-0.15, -0.1) is 0 Å². The fraction of sp³-hybridized carbons (Fsp3) is 0.267. The number of carbonyl (C=O) groups excluding carboxylic acids is 2. The summed E-state index contributed by atoms with van der Waals surface area (Å²) in [7, 11) is -4.16. The number of benzene rings is 1. The summed E-state index contributed by atoms with van der Waals surface area (Å²) in [6, 6.07) is 3.89. The van der Waals surface area contributed by atoms with E-state index in [9.17, 15) is 23.1 Å². The number of amides is 2. The Kier molecular flexibility index (Phi) is 5.11. The Morgan fingerprint density at radius 1 is 1.07 bits per heavy atom. The lowest BCUT2D eigenvalue weighted by Crippen LogP contribution is -2.29. The number of nitrogens with one attached hydrogen (secondary N) is 2. The molecule has 148 valence electrons. The highest BCUT2D eigenvalue weighted by atomic mass is 32.2. The second-order valence-electron chi connectivity index (χ2n) is 5.74. The molecule has 1 aliphatic heterocycles. The number of aromatic hydroxyl groups is 1. The maximum absolute atomic E-state index is 12.3. The summed E-state index contributed by atoms with van der Waals surface area (Å²) in [6.45, 7) is 1.77. The minimum atomic E-state index is -4.16. The number of nitrogens with zero attached hydrogens (tertiary/aromatic N) is 4. The Morgan fingerprint density at radius 3 is 2.43 bits per heavy atom. The van der Waals surface area contributed by atoms with Gasteiger partial charge in [-0.05, 0) is 25.1 Å². The van der Waals surface area contributed by atoms with E-state index in [2.05, 4.69) is 25.6 Å². The van der Waals surface area contributed by atoms with E-state index in [-0.39, 0.29) is 36.5 Å². The lowest BCUT2D eigenvalue weighted by atomic mass is 10.1. The van der Waals surface area contributed by atoms with Gasteiger partial charge in [0.2, 0.25) is 11.9 Å². The third-order valence-electron chi connectivity index (χ3n) is 3.81. The van der Waals surface area contributed by atoms with Crippen LogP contribution in [-0.2, 0) is 10.1 Å². The van der Waals surface area contributed by atoms with Crippen molar-refractivity contribution in [3.8, 4) is 6.01 Å². The van der Waals surface area contributed by atoms with Gasteiger partial charge in [-0.2, -0.15) is 23.4 Å². The summed E-state index contributed by atoms with van der Waals surface area (Å²) in [5, 5.41) is 14.9. The zero-order valence-electron chi connectivity index (χ0n) is 14.6. The molecule has 1 aliphatic rings. The van der Waals surface area contributed by atoms with Gasteiger partial charge in [0.25, 0.3) is 21.9 Å². The third-order valence-corrected chi connectivity index (χ3v) is 4.53. The molecule has 0 saturated heterocycles. The standard InChI is InChI=1S/C15H16N6O6S/c1-2-21-11(22)9-4-3-8(7-10(9)12(21)23)17-14-18-13(19-15(24)20-14)16-5-6-28(25,26)27/h3-4,7H,2,5-6H2,1H3,(H,25,26,27)(H3,16,17,18,19,20,24). The molecule has 2 amide bonds. The van der Waals surface area contributed by atoms with E-state index in [1.807, 2.05) is 0 Å². The minimum Gasteiger partial charge on any atom is -0.479 e. The zero-order chi connectivity index (χ0) is 20.5. The van der Waals surface area contributed by atoms with E-state index in [0.29, 0.717) is 11.3 Å². The predicted molar refractivity (Wildman–Crippen MR) is 97.2 cm³/mol. The van der Waals surface area contributed by atoms with Crippen molar-refractivity contribution in [2.75, 3.05) is 29.5 Å². The molecule has 0 unspecified atom stereocenters. The summed E-state index contributed by atoms with van der Waals surface area (Å²) in [6.07, 6.45) is 0. The van der Waals surface area contributed by atoms with Gasteiger partial charge in [0.1, 0.15) is 0 Å². The summed E-state index contributed by atoms with van der Waals surface area (Å²) < 4.78 is 30.2. The van der Waals surface area contributed by atoms with Crippen LogP contribution in [0.25, 0.3) is 0 Å². The molecular weight excluding hydrogens is 392 g/mol. The molecule has 28 heavy (non-hydrogen) atoms. The van der Waals surface area contributed by atoms with Gasteiger partial charge in [0.05, 0.1) is 16.9 Å². The molecule has 4 N–H and O–H groups in total. The van der Waals surface area contributed by atoms with Gasteiger partial charge >= 0.3 is 6.01 Å². The quantitative estimate of drug-likeness (QED) is 0.365. The van der Waals surface area contributed by atoms with Gasteiger partial charge in [0.15, 0.2) is 0 Å². The zero-order valence-corrected chi connectivity index (χ0v) is 15.4. The Balaban J connectivity index is 1.79. The number of rotatable bonds is 7. The SMILES string of the molecule is CCN1C(=O)c2ccc(Nc3nc(O)nc(NCCS(=O)(=O)O)n3)cc2C1=O. The van der Waals surface area contributed by atoms with Crippen LogP contribution >= 0.6 is 0 Å². The lowest BCUT2D eigenvalue weighted by molar-refractivity contribution is 0.0663. The van der Waals surface area contributed by atoms with Crippen molar-refractivity contribution < 1.29 is 27.7 Å². The fourth-order valence-electron chi connectivity index (χ4n) is 2.58. The third kappa shape index (κ3) is 4.15. The lowest BCUT2D eigenvalue weighted by Gasteiger charge is -2.09. The Bertz CT molecular complexity index is 1060.